The van der Waals surface area contributed by atoms with Crippen LogP contribution in [-0.4, -0.2) is 16.1 Å². The van der Waals surface area contributed by atoms with Gasteiger partial charge in [0.1, 0.15) is 0 Å². The lowest BCUT2D eigenvalue weighted by Crippen LogP contribution is -2.29. The minimum Gasteiger partial charge on any atom is -0.331 e. The average molecular weight is 219 g/mol. The maximum absolute atomic E-state index is 5.91. The highest BCUT2D eigenvalue weighted by Gasteiger charge is 2.32. The Morgan fingerprint density at radius 1 is 1.25 bits per heavy atom. The molecule has 2 aliphatic carbocycles. The van der Waals surface area contributed by atoms with Crippen LogP contribution in [0.5, 0.6) is 0 Å². The predicted molar refractivity (Wildman–Crippen MR) is 64.3 cm³/mol. The SMILES string of the molecule is NCC1CCCCC1n1cncc1C1CC1. The molecule has 2 atom stereocenters. The van der Waals surface area contributed by atoms with Gasteiger partial charge in [-0.3, -0.25) is 0 Å². The van der Waals surface area contributed by atoms with E-state index < -0.39 is 0 Å². The molecule has 2 saturated carbocycles. The lowest BCUT2D eigenvalue weighted by Gasteiger charge is -2.32. The van der Waals surface area contributed by atoms with Crippen LogP contribution < -0.4 is 5.73 Å². The summed E-state index contributed by atoms with van der Waals surface area (Å²) in [4.78, 5) is 4.35. The van der Waals surface area contributed by atoms with Crippen LogP contribution in [0.4, 0.5) is 0 Å². The number of imidazole rings is 1. The van der Waals surface area contributed by atoms with Gasteiger partial charge >= 0.3 is 0 Å². The Kier molecular flexibility index (Phi) is 2.72. The molecule has 1 aromatic rings. The van der Waals surface area contributed by atoms with Gasteiger partial charge in [-0.25, -0.2) is 4.98 Å². The molecule has 1 aromatic heterocycles. The monoisotopic (exact) mass is 219 g/mol. The molecule has 0 amide bonds. The first-order chi connectivity index (χ1) is 7.90. The molecule has 3 rings (SSSR count). The van der Waals surface area contributed by atoms with Gasteiger partial charge in [0, 0.05) is 23.9 Å². The first-order valence-corrected chi connectivity index (χ1v) is 6.62. The van der Waals surface area contributed by atoms with Crippen molar-refractivity contribution in [3.05, 3.63) is 18.2 Å². The lowest BCUT2D eigenvalue weighted by atomic mass is 9.84. The van der Waals surface area contributed by atoms with E-state index in [1.54, 1.807) is 0 Å². The molecule has 2 aliphatic rings. The molecule has 0 radical (unpaired) electrons. The molecule has 2 fully saturated rings. The zero-order valence-electron chi connectivity index (χ0n) is 9.81. The van der Waals surface area contributed by atoms with Crippen LogP contribution in [0.1, 0.15) is 56.2 Å². The van der Waals surface area contributed by atoms with Crippen LogP contribution in [-0.2, 0) is 0 Å². The van der Waals surface area contributed by atoms with Crippen molar-refractivity contribution >= 4 is 0 Å². The van der Waals surface area contributed by atoms with E-state index >= 15 is 0 Å². The normalized spacial score (nSPS) is 30.6. The van der Waals surface area contributed by atoms with Crippen LogP contribution in [0, 0.1) is 5.92 Å². The van der Waals surface area contributed by atoms with Crippen LogP contribution in [0.25, 0.3) is 0 Å². The van der Waals surface area contributed by atoms with E-state index in [4.69, 9.17) is 5.73 Å². The van der Waals surface area contributed by atoms with Crippen LogP contribution in [0.3, 0.4) is 0 Å². The Morgan fingerprint density at radius 2 is 2.06 bits per heavy atom. The fourth-order valence-electron chi connectivity index (χ4n) is 3.12. The molecule has 2 unspecified atom stereocenters. The molecule has 0 aliphatic heterocycles. The number of rotatable bonds is 3. The van der Waals surface area contributed by atoms with Crippen molar-refractivity contribution in [2.24, 2.45) is 11.7 Å². The molecule has 88 valence electrons. The number of hydrogen-bond donors (Lipinski definition) is 1. The molecule has 1 heterocycles. The van der Waals surface area contributed by atoms with Crippen LogP contribution in [0.2, 0.25) is 0 Å². The van der Waals surface area contributed by atoms with Crippen molar-refractivity contribution in [2.75, 3.05) is 6.54 Å². The van der Waals surface area contributed by atoms with E-state index in [0.29, 0.717) is 12.0 Å². The highest BCUT2D eigenvalue weighted by molar-refractivity contribution is 5.14. The van der Waals surface area contributed by atoms with Gasteiger partial charge < -0.3 is 10.3 Å². The molecule has 3 nitrogen and oxygen atoms in total. The van der Waals surface area contributed by atoms with Gasteiger partial charge in [-0.2, -0.15) is 0 Å². The number of nitrogens with zero attached hydrogens (tertiary/aromatic N) is 2. The summed E-state index contributed by atoms with van der Waals surface area (Å²) in [6.45, 7) is 0.826. The third-order valence-electron chi connectivity index (χ3n) is 4.22. The smallest absolute Gasteiger partial charge is 0.0950 e. The minimum atomic E-state index is 0.622. The summed E-state index contributed by atoms with van der Waals surface area (Å²) in [6.07, 6.45) is 12.1. The van der Waals surface area contributed by atoms with Gasteiger partial charge in [-0.1, -0.05) is 12.8 Å². The van der Waals surface area contributed by atoms with E-state index in [2.05, 4.69) is 15.7 Å². The molecule has 16 heavy (non-hydrogen) atoms. The Balaban J connectivity index is 1.85. The molecule has 0 bridgehead atoms. The van der Waals surface area contributed by atoms with Crippen molar-refractivity contribution in [2.45, 2.75) is 50.5 Å². The second-order valence-electron chi connectivity index (χ2n) is 5.35. The second-order valence-corrected chi connectivity index (χ2v) is 5.35. The van der Waals surface area contributed by atoms with Crippen molar-refractivity contribution < 1.29 is 0 Å². The van der Waals surface area contributed by atoms with Gasteiger partial charge in [-0.15, -0.1) is 0 Å². The van der Waals surface area contributed by atoms with E-state index in [1.807, 2.05) is 6.33 Å². The molecular weight excluding hydrogens is 198 g/mol. The van der Waals surface area contributed by atoms with Crippen molar-refractivity contribution in [1.82, 2.24) is 9.55 Å². The van der Waals surface area contributed by atoms with Gasteiger partial charge in [0.05, 0.1) is 6.33 Å². The Morgan fingerprint density at radius 3 is 2.81 bits per heavy atom. The maximum atomic E-state index is 5.91. The van der Waals surface area contributed by atoms with Crippen molar-refractivity contribution in [3.63, 3.8) is 0 Å². The quantitative estimate of drug-likeness (QED) is 0.848. The molecule has 0 saturated heterocycles. The van der Waals surface area contributed by atoms with Gasteiger partial charge in [0.2, 0.25) is 0 Å². The number of aromatic nitrogens is 2. The van der Waals surface area contributed by atoms with E-state index in [-0.39, 0.29) is 0 Å². The van der Waals surface area contributed by atoms with E-state index in [1.165, 1.54) is 44.2 Å². The molecule has 3 heteroatoms. The topological polar surface area (TPSA) is 43.8 Å². The summed E-state index contributed by atoms with van der Waals surface area (Å²) in [5.41, 5.74) is 7.37. The first kappa shape index (κ1) is 10.3. The third-order valence-corrected chi connectivity index (χ3v) is 4.22. The molecule has 0 spiro atoms. The van der Waals surface area contributed by atoms with Crippen LogP contribution >= 0.6 is 0 Å². The van der Waals surface area contributed by atoms with Gasteiger partial charge in [0.15, 0.2) is 0 Å². The summed E-state index contributed by atoms with van der Waals surface area (Å²) in [5, 5.41) is 0. The maximum Gasteiger partial charge on any atom is 0.0950 e. The molecule has 2 N–H and O–H groups in total. The highest BCUT2D eigenvalue weighted by Crippen LogP contribution is 2.43. The van der Waals surface area contributed by atoms with Crippen molar-refractivity contribution in [3.8, 4) is 0 Å². The predicted octanol–water partition coefficient (Wildman–Crippen LogP) is 2.45. The Labute approximate surface area is 97.0 Å². The average Bonchev–Trinajstić information content (AvgIpc) is 3.07. The standard InChI is InChI=1S/C13H21N3/c14-7-11-3-1-2-4-12(11)16-9-15-8-13(16)10-5-6-10/h8-12H,1-7,14H2. The zero-order chi connectivity index (χ0) is 11.0. The fourth-order valence-corrected chi connectivity index (χ4v) is 3.12. The summed E-state index contributed by atoms with van der Waals surface area (Å²) in [6, 6.07) is 0.622. The summed E-state index contributed by atoms with van der Waals surface area (Å²) in [7, 11) is 0. The highest BCUT2D eigenvalue weighted by atomic mass is 15.1. The Hall–Kier alpha value is -0.830. The van der Waals surface area contributed by atoms with E-state index in [0.717, 1.165) is 12.5 Å². The Bertz CT molecular complexity index is 354. The van der Waals surface area contributed by atoms with Crippen LogP contribution in [0.15, 0.2) is 12.5 Å². The summed E-state index contributed by atoms with van der Waals surface area (Å²) < 4.78 is 2.44. The summed E-state index contributed by atoms with van der Waals surface area (Å²) in [5.74, 6) is 1.46. The van der Waals surface area contributed by atoms with Gasteiger partial charge in [-0.05, 0) is 38.1 Å². The van der Waals surface area contributed by atoms with E-state index in [9.17, 15) is 0 Å². The lowest BCUT2D eigenvalue weighted by molar-refractivity contribution is 0.241. The minimum absolute atomic E-state index is 0.622. The first-order valence-electron chi connectivity index (χ1n) is 6.62. The molecule has 0 aromatic carbocycles. The fraction of sp³-hybridized carbons (Fsp3) is 0.769. The number of nitrogens with two attached hydrogens (primary N) is 1. The third kappa shape index (κ3) is 1.77. The number of hydrogen-bond acceptors (Lipinski definition) is 2. The molecular formula is C13H21N3. The largest absolute Gasteiger partial charge is 0.331 e. The second kappa shape index (κ2) is 4.21. The van der Waals surface area contributed by atoms with Crippen molar-refractivity contribution in [1.29, 1.82) is 0 Å². The zero-order valence-corrected chi connectivity index (χ0v) is 9.81. The van der Waals surface area contributed by atoms with Gasteiger partial charge in [0.25, 0.3) is 0 Å². The summed E-state index contributed by atoms with van der Waals surface area (Å²) >= 11 is 0.